The number of amides is 1. The Kier molecular flexibility index (Phi) is 9.59. The molecule has 0 atom stereocenters. The predicted octanol–water partition coefficient (Wildman–Crippen LogP) is 6.98. The Bertz CT molecular complexity index is 1410. The molecule has 1 heterocycles. The number of nitrogens with one attached hydrogen (secondary N) is 1. The first kappa shape index (κ1) is 28.1. The maximum absolute atomic E-state index is 12.9. The van der Waals surface area contributed by atoms with Crippen LogP contribution < -0.4 is 14.8 Å². The van der Waals surface area contributed by atoms with E-state index in [1.807, 2.05) is 13.0 Å². The number of carbonyl (C=O) groups is 2. The SMILES string of the molecule is CCOC(=O)c1c(NC(=O)/C(C#N)=C/c2ccc(OCc3ccc(Cl)c(Cl)c3)c(OC)c2)sc(C)c1C. The Morgan fingerprint density at radius 3 is 2.51 bits per heavy atom. The topological polar surface area (TPSA) is 97.7 Å². The van der Waals surface area contributed by atoms with E-state index in [9.17, 15) is 14.9 Å². The number of thiophene rings is 1. The average molecular weight is 559 g/mol. The summed E-state index contributed by atoms with van der Waals surface area (Å²) < 4.78 is 16.4. The van der Waals surface area contributed by atoms with Gasteiger partial charge in [-0.25, -0.2) is 4.79 Å². The number of nitriles is 1. The molecule has 37 heavy (non-hydrogen) atoms. The van der Waals surface area contributed by atoms with Crippen molar-refractivity contribution in [2.45, 2.75) is 27.4 Å². The van der Waals surface area contributed by atoms with Gasteiger partial charge in [0.05, 0.1) is 29.3 Å². The van der Waals surface area contributed by atoms with E-state index in [0.29, 0.717) is 37.7 Å². The van der Waals surface area contributed by atoms with Crippen molar-refractivity contribution in [2.75, 3.05) is 19.0 Å². The number of rotatable bonds is 9. The van der Waals surface area contributed by atoms with Crippen molar-refractivity contribution in [3.63, 3.8) is 0 Å². The zero-order chi connectivity index (χ0) is 27.1. The first-order chi connectivity index (χ1) is 17.7. The van der Waals surface area contributed by atoms with Gasteiger partial charge in [-0.05, 0) is 67.8 Å². The normalized spacial score (nSPS) is 11.0. The molecule has 7 nitrogen and oxygen atoms in total. The van der Waals surface area contributed by atoms with E-state index >= 15 is 0 Å². The Morgan fingerprint density at radius 1 is 1.11 bits per heavy atom. The monoisotopic (exact) mass is 558 g/mol. The minimum Gasteiger partial charge on any atom is -0.493 e. The molecule has 0 unspecified atom stereocenters. The van der Waals surface area contributed by atoms with Gasteiger partial charge >= 0.3 is 5.97 Å². The second-order valence-electron chi connectivity index (χ2n) is 7.78. The highest BCUT2D eigenvalue weighted by Crippen LogP contribution is 2.34. The second kappa shape index (κ2) is 12.6. The lowest BCUT2D eigenvalue weighted by molar-refractivity contribution is -0.112. The number of esters is 1. The van der Waals surface area contributed by atoms with Crippen LogP contribution in [0.5, 0.6) is 11.5 Å². The highest BCUT2D eigenvalue weighted by atomic mass is 35.5. The molecule has 0 spiro atoms. The summed E-state index contributed by atoms with van der Waals surface area (Å²) in [5, 5.41) is 13.6. The number of halogens is 2. The number of methoxy groups -OCH3 is 1. The van der Waals surface area contributed by atoms with Crippen molar-refractivity contribution in [1.29, 1.82) is 5.26 Å². The van der Waals surface area contributed by atoms with E-state index in [1.54, 1.807) is 50.2 Å². The number of ether oxygens (including phenoxy) is 3. The van der Waals surface area contributed by atoms with Crippen LogP contribution in [0, 0.1) is 25.2 Å². The molecular formula is C27H24Cl2N2O5S. The summed E-state index contributed by atoms with van der Waals surface area (Å²) in [6.45, 7) is 5.78. The van der Waals surface area contributed by atoms with Crippen molar-refractivity contribution in [2.24, 2.45) is 0 Å². The summed E-state index contributed by atoms with van der Waals surface area (Å²) in [5.41, 5.74) is 2.24. The van der Waals surface area contributed by atoms with Crippen molar-refractivity contribution >= 4 is 57.5 Å². The van der Waals surface area contributed by atoms with Gasteiger partial charge in [0.15, 0.2) is 11.5 Å². The Labute approximate surface area is 229 Å². The molecule has 10 heteroatoms. The number of hydrogen-bond acceptors (Lipinski definition) is 7. The number of aryl methyl sites for hydroxylation is 1. The van der Waals surface area contributed by atoms with Gasteiger partial charge < -0.3 is 19.5 Å². The molecule has 0 aliphatic heterocycles. The van der Waals surface area contributed by atoms with Crippen LogP contribution in [0.1, 0.15) is 38.8 Å². The van der Waals surface area contributed by atoms with Gasteiger partial charge in [-0.2, -0.15) is 5.26 Å². The van der Waals surface area contributed by atoms with Crippen molar-refractivity contribution in [3.05, 3.63) is 79.1 Å². The van der Waals surface area contributed by atoms with Crippen LogP contribution >= 0.6 is 34.5 Å². The largest absolute Gasteiger partial charge is 0.493 e. The molecule has 3 rings (SSSR count). The van der Waals surface area contributed by atoms with Crippen LogP contribution in [-0.4, -0.2) is 25.6 Å². The van der Waals surface area contributed by atoms with Crippen molar-refractivity contribution in [3.8, 4) is 17.6 Å². The van der Waals surface area contributed by atoms with Gasteiger partial charge in [0, 0.05) is 4.88 Å². The molecule has 1 aromatic heterocycles. The maximum atomic E-state index is 12.9. The van der Waals surface area contributed by atoms with E-state index in [0.717, 1.165) is 16.0 Å². The molecule has 0 radical (unpaired) electrons. The summed E-state index contributed by atoms with van der Waals surface area (Å²) in [7, 11) is 1.49. The van der Waals surface area contributed by atoms with E-state index in [1.165, 1.54) is 24.5 Å². The minimum absolute atomic E-state index is 0.148. The standard InChI is InChI=1S/C27H24Cl2N2O5S/c1-5-35-27(33)24-15(2)16(3)37-26(24)31-25(32)19(13-30)10-17-7-9-22(23(12-17)34-4)36-14-18-6-8-20(28)21(29)11-18/h6-12H,5,14H2,1-4H3,(H,31,32)/b19-10+. The highest BCUT2D eigenvalue weighted by Gasteiger charge is 2.23. The number of hydrogen-bond donors (Lipinski definition) is 1. The number of nitrogens with zero attached hydrogens (tertiary/aromatic N) is 1. The molecule has 0 saturated carbocycles. The molecule has 1 amide bonds. The number of carbonyl (C=O) groups excluding carboxylic acids is 2. The fourth-order valence-electron chi connectivity index (χ4n) is 3.33. The molecule has 0 aliphatic carbocycles. The lowest BCUT2D eigenvalue weighted by Gasteiger charge is -2.12. The Balaban J connectivity index is 1.80. The average Bonchev–Trinajstić information content (AvgIpc) is 3.15. The van der Waals surface area contributed by atoms with Crippen LogP contribution in [0.15, 0.2) is 42.0 Å². The molecule has 1 N–H and O–H groups in total. The Morgan fingerprint density at radius 2 is 1.86 bits per heavy atom. The molecule has 0 bridgehead atoms. The van der Waals surface area contributed by atoms with E-state index in [4.69, 9.17) is 37.4 Å². The summed E-state index contributed by atoms with van der Waals surface area (Å²) in [4.78, 5) is 26.2. The van der Waals surface area contributed by atoms with Crippen molar-refractivity contribution < 1.29 is 23.8 Å². The fraction of sp³-hybridized carbons (Fsp3) is 0.222. The van der Waals surface area contributed by atoms with Gasteiger partial charge in [-0.3, -0.25) is 4.79 Å². The molecule has 0 aliphatic rings. The molecule has 2 aromatic carbocycles. The zero-order valence-electron chi connectivity index (χ0n) is 20.6. The van der Waals surface area contributed by atoms with Crippen LogP contribution in [-0.2, 0) is 16.1 Å². The highest BCUT2D eigenvalue weighted by molar-refractivity contribution is 7.16. The maximum Gasteiger partial charge on any atom is 0.341 e. The third kappa shape index (κ3) is 6.83. The number of benzene rings is 2. The summed E-state index contributed by atoms with van der Waals surface area (Å²) in [6.07, 6.45) is 1.43. The first-order valence-electron chi connectivity index (χ1n) is 11.1. The lowest BCUT2D eigenvalue weighted by Crippen LogP contribution is -2.16. The second-order valence-corrected chi connectivity index (χ2v) is 9.82. The minimum atomic E-state index is -0.645. The third-order valence-corrected chi connectivity index (χ3v) is 7.20. The van der Waals surface area contributed by atoms with E-state index in [2.05, 4.69) is 5.32 Å². The third-order valence-electron chi connectivity index (χ3n) is 5.33. The van der Waals surface area contributed by atoms with Crippen LogP contribution in [0.3, 0.4) is 0 Å². The van der Waals surface area contributed by atoms with E-state index in [-0.39, 0.29) is 18.8 Å². The summed E-state index contributed by atoms with van der Waals surface area (Å²) in [5.74, 6) is -0.283. The molecule has 0 fully saturated rings. The zero-order valence-corrected chi connectivity index (χ0v) is 22.9. The molecule has 3 aromatic rings. The smallest absolute Gasteiger partial charge is 0.341 e. The van der Waals surface area contributed by atoms with Gasteiger partial charge in [0.1, 0.15) is 23.3 Å². The fourth-order valence-corrected chi connectivity index (χ4v) is 4.70. The predicted molar refractivity (Wildman–Crippen MR) is 146 cm³/mol. The van der Waals surface area contributed by atoms with Gasteiger partial charge in [-0.15, -0.1) is 11.3 Å². The van der Waals surface area contributed by atoms with Gasteiger partial charge in [0.2, 0.25) is 0 Å². The molecular weight excluding hydrogens is 535 g/mol. The molecule has 0 saturated heterocycles. The number of anilines is 1. The quantitative estimate of drug-likeness (QED) is 0.173. The Hall–Kier alpha value is -3.51. The van der Waals surface area contributed by atoms with Gasteiger partial charge in [0.25, 0.3) is 5.91 Å². The molecule has 192 valence electrons. The van der Waals surface area contributed by atoms with Crippen LogP contribution in [0.4, 0.5) is 5.00 Å². The van der Waals surface area contributed by atoms with Gasteiger partial charge in [-0.1, -0.05) is 35.3 Å². The van der Waals surface area contributed by atoms with Crippen LogP contribution in [0.25, 0.3) is 6.08 Å². The summed E-state index contributed by atoms with van der Waals surface area (Å²) >= 11 is 13.3. The first-order valence-corrected chi connectivity index (χ1v) is 12.7. The lowest BCUT2D eigenvalue weighted by atomic mass is 10.1. The van der Waals surface area contributed by atoms with Crippen molar-refractivity contribution in [1.82, 2.24) is 0 Å². The van der Waals surface area contributed by atoms with E-state index < -0.39 is 11.9 Å². The summed E-state index contributed by atoms with van der Waals surface area (Å²) in [6, 6.07) is 12.2. The van der Waals surface area contributed by atoms with Crippen LogP contribution in [0.2, 0.25) is 10.0 Å².